The van der Waals surface area contributed by atoms with Crippen molar-refractivity contribution in [1.29, 1.82) is 0 Å². The van der Waals surface area contributed by atoms with Crippen molar-refractivity contribution in [2.45, 2.75) is 33.7 Å². The van der Waals surface area contributed by atoms with Gasteiger partial charge in [-0.1, -0.05) is 19.9 Å². The molecule has 0 fully saturated rings. The average Bonchev–Trinajstić information content (AvgIpc) is 2.20. The molecule has 0 aliphatic heterocycles. The van der Waals surface area contributed by atoms with Crippen LogP contribution < -0.4 is 5.32 Å². The molecule has 0 aliphatic carbocycles. The van der Waals surface area contributed by atoms with Crippen LogP contribution in [0.5, 0.6) is 0 Å². The quantitative estimate of drug-likeness (QED) is 0.772. The molecule has 16 heavy (non-hydrogen) atoms. The SMILES string of the molecule is Cc1ccc(CNCC(C)(C)CCO)nc1. The smallest absolute Gasteiger partial charge is 0.0541 e. The molecule has 0 saturated carbocycles. The highest BCUT2D eigenvalue weighted by molar-refractivity contribution is 5.11. The zero-order chi connectivity index (χ0) is 12.0. The van der Waals surface area contributed by atoms with E-state index >= 15 is 0 Å². The number of hydrogen-bond donors (Lipinski definition) is 2. The van der Waals surface area contributed by atoms with Crippen LogP contribution in [-0.4, -0.2) is 23.2 Å². The fourth-order valence-corrected chi connectivity index (χ4v) is 1.52. The normalized spacial score (nSPS) is 11.8. The van der Waals surface area contributed by atoms with E-state index in [1.807, 2.05) is 19.2 Å². The van der Waals surface area contributed by atoms with Gasteiger partial charge < -0.3 is 10.4 Å². The third kappa shape index (κ3) is 4.73. The Morgan fingerprint density at radius 1 is 1.38 bits per heavy atom. The summed E-state index contributed by atoms with van der Waals surface area (Å²) in [7, 11) is 0. The number of nitrogens with zero attached hydrogens (tertiary/aromatic N) is 1. The van der Waals surface area contributed by atoms with E-state index in [2.05, 4.69) is 30.2 Å². The van der Waals surface area contributed by atoms with Crippen LogP contribution in [0.4, 0.5) is 0 Å². The van der Waals surface area contributed by atoms with E-state index in [1.165, 1.54) is 5.56 Å². The van der Waals surface area contributed by atoms with E-state index in [1.54, 1.807) is 0 Å². The molecular formula is C13H22N2O. The van der Waals surface area contributed by atoms with Crippen LogP contribution in [0.2, 0.25) is 0 Å². The molecule has 0 aromatic carbocycles. The lowest BCUT2D eigenvalue weighted by Gasteiger charge is -2.23. The van der Waals surface area contributed by atoms with Gasteiger partial charge >= 0.3 is 0 Å². The first-order valence-corrected chi connectivity index (χ1v) is 5.77. The Kier molecular flexibility index (Phi) is 4.90. The van der Waals surface area contributed by atoms with Crippen molar-refractivity contribution in [2.75, 3.05) is 13.2 Å². The molecule has 3 nitrogen and oxygen atoms in total. The number of aliphatic hydroxyl groups is 1. The Balaban J connectivity index is 2.32. The summed E-state index contributed by atoms with van der Waals surface area (Å²) in [5.41, 5.74) is 2.38. The molecule has 1 aromatic heterocycles. The number of rotatable bonds is 6. The third-order valence-corrected chi connectivity index (χ3v) is 2.67. The van der Waals surface area contributed by atoms with Crippen LogP contribution in [0.1, 0.15) is 31.5 Å². The minimum absolute atomic E-state index is 0.138. The van der Waals surface area contributed by atoms with Crippen LogP contribution in [0.25, 0.3) is 0 Å². The van der Waals surface area contributed by atoms with Crippen molar-refractivity contribution >= 4 is 0 Å². The van der Waals surface area contributed by atoms with Crippen LogP contribution in [0.3, 0.4) is 0 Å². The van der Waals surface area contributed by atoms with Crippen LogP contribution in [0, 0.1) is 12.3 Å². The molecule has 0 aliphatic rings. The molecule has 1 rings (SSSR count). The summed E-state index contributed by atoms with van der Waals surface area (Å²) < 4.78 is 0. The largest absolute Gasteiger partial charge is 0.396 e. The zero-order valence-corrected chi connectivity index (χ0v) is 10.5. The van der Waals surface area contributed by atoms with Crippen molar-refractivity contribution in [3.8, 4) is 0 Å². The van der Waals surface area contributed by atoms with Gasteiger partial charge in [0.2, 0.25) is 0 Å². The molecule has 2 N–H and O–H groups in total. The van der Waals surface area contributed by atoms with E-state index in [0.717, 1.165) is 25.2 Å². The molecule has 0 amide bonds. The summed E-state index contributed by atoms with van der Waals surface area (Å²) in [6.07, 6.45) is 2.71. The second-order valence-electron chi connectivity index (χ2n) is 5.07. The van der Waals surface area contributed by atoms with Gasteiger partial charge in [0.1, 0.15) is 0 Å². The lowest BCUT2D eigenvalue weighted by atomic mass is 9.90. The van der Waals surface area contributed by atoms with Gasteiger partial charge in [-0.3, -0.25) is 4.98 Å². The molecule has 3 heteroatoms. The van der Waals surface area contributed by atoms with Gasteiger partial charge in [-0.15, -0.1) is 0 Å². The fraction of sp³-hybridized carbons (Fsp3) is 0.615. The summed E-state index contributed by atoms with van der Waals surface area (Å²) >= 11 is 0. The van der Waals surface area contributed by atoms with Crippen LogP contribution >= 0.6 is 0 Å². The first-order valence-electron chi connectivity index (χ1n) is 5.77. The summed E-state index contributed by atoms with van der Waals surface area (Å²) in [5, 5.41) is 12.3. The molecule has 1 aromatic rings. The Hall–Kier alpha value is -0.930. The third-order valence-electron chi connectivity index (χ3n) is 2.67. The predicted molar refractivity (Wildman–Crippen MR) is 66.2 cm³/mol. The van der Waals surface area contributed by atoms with Gasteiger partial charge in [0.15, 0.2) is 0 Å². The summed E-state index contributed by atoms with van der Waals surface area (Å²) in [5.74, 6) is 0. The molecule has 0 saturated heterocycles. The first kappa shape index (κ1) is 13.1. The van der Waals surface area contributed by atoms with Gasteiger partial charge in [0.05, 0.1) is 5.69 Å². The summed E-state index contributed by atoms with van der Waals surface area (Å²) in [6, 6.07) is 4.12. The van der Waals surface area contributed by atoms with Crippen LogP contribution in [-0.2, 0) is 6.54 Å². The summed E-state index contributed by atoms with van der Waals surface area (Å²) in [6.45, 7) is 8.27. The number of hydrogen-bond acceptors (Lipinski definition) is 3. The Morgan fingerprint density at radius 3 is 2.69 bits per heavy atom. The molecule has 0 spiro atoms. The number of pyridine rings is 1. The van der Waals surface area contributed by atoms with Gasteiger partial charge in [-0.2, -0.15) is 0 Å². The minimum Gasteiger partial charge on any atom is -0.396 e. The molecule has 90 valence electrons. The highest BCUT2D eigenvalue weighted by Gasteiger charge is 2.16. The van der Waals surface area contributed by atoms with E-state index < -0.39 is 0 Å². The van der Waals surface area contributed by atoms with Crippen molar-refractivity contribution in [2.24, 2.45) is 5.41 Å². The van der Waals surface area contributed by atoms with Gasteiger partial charge in [0, 0.05) is 25.9 Å². The highest BCUT2D eigenvalue weighted by Crippen LogP contribution is 2.18. The highest BCUT2D eigenvalue weighted by atomic mass is 16.3. The Bertz CT molecular complexity index is 306. The van der Waals surface area contributed by atoms with Crippen LogP contribution in [0.15, 0.2) is 18.3 Å². The lowest BCUT2D eigenvalue weighted by molar-refractivity contribution is 0.207. The van der Waals surface area contributed by atoms with E-state index in [0.29, 0.717) is 0 Å². The number of aromatic nitrogens is 1. The lowest BCUT2D eigenvalue weighted by Crippen LogP contribution is -2.30. The summed E-state index contributed by atoms with van der Waals surface area (Å²) in [4.78, 5) is 4.33. The topological polar surface area (TPSA) is 45.1 Å². The maximum absolute atomic E-state index is 8.91. The molecular weight excluding hydrogens is 200 g/mol. The fourth-order valence-electron chi connectivity index (χ4n) is 1.52. The van der Waals surface area contributed by atoms with Gasteiger partial charge in [0.25, 0.3) is 0 Å². The first-order chi connectivity index (χ1) is 7.53. The molecule has 0 unspecified atom stereocenters. The number of aliphatic hydroxyl groups excluding tert-OH is 1. The van der Waals surface area contributed by atoms with E-state index in [9.17, 15) is 0 Å². The number of nitrogens with one attached hydrogen (secondary N) is 1. The molecule has 0 radical (unpaired) electrons. The monoisotopic (exact) mass is 222 g/mol. The maximum Gasteiger partial charge on any atom is 0.0541 e. The van der Waals surface area contributed by atoms with E-state index in [4.69, 9.17) is 5.11 Å². The Morgan fingerprint density at radius 2 is 2.12 bits per heavy atom. The zero-order valence-electron chi connectivity index (χ0n) is 10.5. The van der Waals surface area contributed by atoms with Crippen molar-refractivity contribution in [3.63, 3.8) is 0 Å². The second-order valence-corrected chi connectivity index (χ2v) is 5.07. The van der Waals surface area contributed by atoms with Crippen molar-refractivity contribution in [1.82, 2.24) is 10.3 Å². The van der Waals surface area contributed by atoms with Crippen molar-refractivity contribution < 1.29 is 5.11 Å². The van der Waals surface area contributed by atoms with E-state index in [-0.39, 0.29) is 12.0 Å². The second kappa shape index (κ2) is 5.97. The molecule has 0 atom stereocenters. The molecule has 1 heterocycles. The van der Waals surface area contributed by atoms with Crippen molar-refractivity contribution in [3.05, 3.63) is 29.6 Å². The molecule has 0 bridgehead atoms. The predicted octanol–water partition coefficient (Wildman–Crippen LogP) is 1.89. The average molecular weight is 222 g/mol. The minimum atomic E-state index is 0.138. The Labute approximate surface area is 97.9 Å². The van der Waals surface area contributed by atoms with Gasteiger partial charge in [-0.25, -0.2) is 0 Å². The maximum atomic E-state index is 8.91. The number of aryl methyl sites for hydroxylation is 1. The standard InChI is InChI=1S/C13H22N2O/c1-11-4-5-12(15-8-11)9-14-10-13(2,3)6-7-16/h4-5,8,14,16H,6-7,9-10H2,1-3H3. The van der Waals surface area contributed by atoms with Gasteiger partial charge in [-0.05, 0) is 30.4 Å².